The molecular weight excluding hydrogens is 246 g/mol. The van der Waals surface area contributed by atoms with Gasteiger partial charge in [-0.15, -0.1) is 0 Å². The van der Waals surface area contributed by atoms with Gasteiger partial charge < -0.3 is 16.2 Å². The number of nitrogens with two attached hydrogens (primary N) is 2. The molecule has 0 aromatic carbocycles. The van der Waals surface area contributed by atoms with Crippen molar-refractivity contribution in [3.63, 3.8) is 0 Å². The van der Waals surface area contributed by atoms with Crippen LogP contribution in [0.25, 0.3) is 0 Å². The molecule has 0 aliphatic carbocycles. The highest BCUT2D eigenvalue weighted by molar-refractivity contribution is 5.96. The molecule has 2 unspecified atom stereocenters. The molecule has 1 aromatic heterocycles. The fourth-order valence-corrected chi connectivity index (χ4v) is 2.73. The Balaban J connectivity index is 1.79. The van der Waals surface area contributed by atoms with Gasteiger partial charge in [-0.2, -0.15) is 0 Å². The third-order valence-corrected chi connectivity index (χ3v) is 3.78. The first-order valence-electron chi connectivity index (χ1n) is 6.43. The molecule has 3 rings (SSSR count). The van der Waals surface area contributed by atoms with Crippen LogP contribution in [0.15, 0.2) is 6.20 Å². The minimum Gasteiger partial charge on any atom is -0.383 e. The number of amides is 1. The van der Waals surface area contributed by atoms with Crippen molar-refractivity contribution in [2.75, 3.05) is 25.4 Å². The number of hydrogen-bond donors (Lipinski definition) is 2. The maximum atomic E-state index is 11.1. The molecule has 7 heteroatoms. The Bertz CT molecular complexity index is 507. The van der Waals surface area contributed by atoms with Crippen molar-refractivity contribution < 1.29 is 9.53 Å². The molecular formula is C12H17N5O2. The summed E-state index contributed by atoms with van der Waals surface area (Å²) in [7, 11) is 0. The number of nitrogens with zero attached hydrogens (tertiary/aromatic N) is 3. The second-order valence-electron chi connectivity index (χ2n) is 5.00. The maximum Gasteiger partial charge on any atom is 0.254 e. The molecule has 2 aliphatic rings. The van der Waals surface area contributed by atoms with E-state index in [1.165, 1.54) is 19.0 Å². The van der Waals surface area contributed by atoms with Crippen LogP contribution in [0.3, 0.4) is 0 Å². The van der Waals surface area contributed by atoms with E-state index >= 15 is 0 Å². The standard InChI is InChI=1S/C12H17N5O2/c13-10-8(11(14)18)4-15-12(16-10)9-5-17-3-1-2-7(17)6-19-9/h4,7,9H,1-3,5-6H2,(H2,14,18)(H2,13,15,16). The van der Waals surface area contributed by atoms with E-state index in [9.17, 15) is 4.79 Å². The Hall–Kier alpha value is -1.73. The molecule has 0 radical (unpaired) electrons. The SMILES string of the molecule is NC(=O)c1cnc(C2CN3CCCC3CO2)nc1N. The van der Waals surface area contributed by atoms with E-state index in [-0.39, 0.29) is 17.5 Å². The molecule has 4 N–H and O–H groups in total. The first-order chi connectivity index (χ1) is 9.15. The highest BCUT2D eigenvalue weighted by Crippen LogP contribution is 2.28. The Labute approximate surface area is 110 Å². The van der Waals surface area contributed by atoms with Gasteiger partial charge in [0.25, 0.3) is 5.91 Å². The van der Waals surface area contributed by atoms with Crippen molar-refractivity contribution in [3.8, 4) is 0 Å². The third kappa shape index (κ3) is 2.26. The highest BCUT2D eigenvalue weighted by Gasteiger charge is 2.34. The minimum atomic E-state index is -0.617. The topological polar surface area (TPSA) is 107 Å². The second-order valence-corrected chi connectivity index (χ2v) is 5.00. The van der Waals surface area contributed by atoms with E-state index in [4.69, 9.17) is 16.2 Å². The normalized spacial score (nSPS) is 27.2. The van der Waals surface area contributed by atoms with Crippen LogP contribution >= 0.6 is 0 Å². The molecule has 102 valence electrons. The zero-order valence-electron chi connectivity index (χ0n) is 10.6. The van der Waals surface area contributed by atoms with E-state index < -0.39 is 5.91 Å². The van der Waals surface area contributed by atoms with Crippen molar-refractivity contribution >= 4 is 11.7 Å². The number of hydrogen-bond acceptors (Lipinski definition) is 6. The first kappa shape index (κ1) is 12.3. The summed E-state index contributed by atoms with van der Waals surface area (Å²) in [5, 5.41) is 0. The number of rotatable bonds is 2. The smallest absolute Gasteiger partial charge is 0.254 e. The zero-order valence-corrected chi connectivity index (χ0v) is 10.6. The number of fused-ring (bicyclic) bond motifs is 1. The van der Waals surface area contributed by atoms with Gasteiger partial charge in [0, 0.05) is 18.8 Å². The van der Waals surface area contributed by atoms with E-state index in [1.54, 1.807) is 0 Å². The van der Waals surface area contributed by atoms with Gasteiger partial charge in [-0.25, -0.2) is 9.97 Å². The molecule has 1 aromatic rings. The van der Waals surface area contributed by atoms with Crippen LogP contribution in [0.1, 0.15) is 35.1 Å². The molecule has 0 saturated carbocycles. The van der Waals surface area contributed by atoms with Crippen LogP contribution in [-0.2, 0) is 4.74 Å². The Morgan fingerprint density at radius 3 is 3.11 bits per heavy atom. The zero-order chi connectivity index (χ0) is 13.4. The van der Waals surface area contributed by atoms with Gasteiger partial charge in [0.1, 0.15) is 11.9 Å². The predicted molar refractivity (Wildman–Crippen MR) is 68.3 cm³/mol. The summed E-state index contributed by atoms with van der Waals surface area (Å²) in [6.07, 6.45) is 3.60. The second kappa shape index (κ2) is 4.75. The van der Waals surface area contributed by atoms with Crippen LogP contribution in [-0.4, -0.2) is 46.5 Å². The van der Waals surface area contributed by atoms with E-state index in [2.05, 4.69) is 14.9 Å². The molecule has 2 fully saturated rings. The molecule has 2 saturated heterocycles. The average molecular weight is 263 g/mol. The van der Waals surface area contributed by atoms with Crippen LogP contribution in [0.4, 0.5) is 5.82 Å². The molecule has 2 aliphatic heterocycles. The lowest BCUT2D eigenvalue weighted by atomic mass is 10.2. The average Bonchev–Trinajstić information content (AvgIpc) is 2.85. The predicted octanol–water partition coefficient (Wildman–Crippen LogP) is -0.307. The molecule has 7 nitrogen and oxygen atoms in total. The summed E-state index contributed by atoms with van der Waals surface area (Å²) < 4.78 is 5.79. The number of nitrogen functional groups attached to an aromatic ring is 1. The number of primary amides is 1. The Kier molecular flexibility index (Phi) is 3.08. The number of carbonyl (C=O) groups is 1. The van der Waals surface area contributed by atoms with Gasteiger partial charge in [-0.3, -0.25) is 9.69 Å². The Morgan fingerprint density at radius 2 is 2.37 bits per heavy atom. The van der Waals surface area contributed by atoms with Crippen LogP contribution in [0, 0.1) is 0 Å². The largest absolute Gasteiger partial charge is 0.383 e. The molecule has 19 heavy (non-hydrogen) atoms. The van der Waals surface area contributed by atoms with Gasteiger partial charge in [0.15, 0.2) is 5.82 Å². The number of aromatic nitrogens is 2. The van der Waals surface area contributed by atoms with Gasteiger partial charge >= 0.3 is 0 Å². The number of ether oxygens (including phenoxy) is 1. The van der Waals surface area contributed by atoms with Gasteiger partial charge in [0.2, 0.25) is 0 Å². The lowest BCUT2D eigenvalue weighted by Crippen LogP contribution is -2.42. The van der Waals surface area contributed by atoms with Gasteiger partial charge in [-0.05, 0) is 19.4 Å². The molecule has 1 amide bonds. The number of morpholine rings is 1. The summed E-state index contributed by atoms with van der Waals surface area (Å²) in [6, 6.07) is 0.526. The summed E-state index contributed by atoms with van der Waals surface area (Å²) >= 11 is 0. The maximum absolute atomic E-state index is 11.1. The van der Waals surface area contributed by atoms with Crippen LogP contribution in [0.2, 0.25) is 0 Å². The molecule has 0 spiro atoms. The highest BCUT2D eigenvalue weighted by atomic mass is 16.5. The summed E-state index contributed by atoms with van der Waals surface area (Å²) in [4.78, 5) is 21.8. The number of carbonyl (C=O) groups excluding carboxylic acids is 1. The van der Waals surface area contributed by atoms with E-state index in [0.29, 0.717) is 18.5 Å². The summed E-state index contributed by atoms with van der Waals surface area (Å²) in [5.74, 6) is 0.0192. The number of anilines is 1. The van der Waals surface area contributed by atoms with Crippen LogP contribution in [0.5, 0.6) is 0 Å². The van der Waals surface area contributed by atoms with Crippen molar-refractivity contribution in [1.82, 2.24) is 14.9 Å². The van der Waals surface area contributed by atoms with E-state index in [1.807, 2.05) is 0 Å². The van der Waals surface area contributed by atoms with Gasteiger partial charge in [-0.1, -0.05) is 0 Å². The van der Waals surface area contributed by atoms with Crippen LogP contribution < -0.4 is 11.5 Å². The lowest BCUT2D eigenvalue weighted by Gasteiger charge is -2.34. The molecule has 2 atom stereocenters. The van der Waals surface area contributed by atoms with Crippen molar-refractivity contribution in [3.05, 3.63) is 17.6 Å². The quantitative estimate of drug-likeness (QED) is 0.758. The van der Waals surface area contributed by atoms with Crippen molar-refractivity contribution in [2.24, 2.45) is 5.73 Å². The third-order valence-electron chi connectivity index (χ3n) is 3.78. The van der Waals surface area contributed by atoms with E-state index in [0.717, 1.165) is 13.1 Å². The monoisotopic (exact) mass is 263 g/mol. The van der Waals surface area contributed by atoms with Crippen molar-refractivity contribution in [2.45, 2.75) is 25.0 Å². The summed E-state index contributed by atoms with van der Waals surface area (Å²) in [5.41, 5.74) is 11.0. The fraction of sp³-hybridized carbons (Fsp3) is 0.583. The van der Waals surface area contributed by atoms with Gasteiger partial charge in [0.05, 0.1) is 12.2 Å². The molecule has 0 bridgehead atoms. The lowest BCUT2D eigenvalue weighted by molar-refractivity contribution is -0.0540. The molecule has 3 heterocycles. The minimum absolute atomic E-state index is 0.115. The Morgan fingerprint density at radius 1 is 1.53 bits per heavy atom. The summed E-state index contributed by atoms with van der Waals surface area (Å²) in [6.45, 7) is 2.57. The first-order valence-corrected chi connectivity index (χ1v) is 6.43. The fourth-order valence-electron chi connectivity index (χ4n) is 2.73. The van der Waals surface area contributed by atoms with Crippen molar-refractivity contribution in [1.29, 1.82) is 0 Å².